The number of fused-ring (bicyclic) bond motifs is 1. The highest BCUT2D eigenvalue weighted by Gasteiger charge is 2.30. The molecule has 0 fully saturated rings. The molecular weight excluding hydrogens is 382 g/mol. The van der Waals surface area contributed by atoms with E-state index < -0.39 is 6.10 Å². The van der Waals surface area contributed by atoms with Crippen LogP contribution in [-0.4, -0.2) is 36.6 Å². The zero-order chi connectivity index (χ0) is 21.7. The molecule has 1 unspecified atom stereocenters. The fourth-order valence-corrected chi connectivity index (χ4v) is 3.43. The second-order valence-corrected chi connectivity index (χ2v) is 7.76. The van der Waals surface area contributed by atoms with Gasteiger partial charge in [-0.15, -0.1) is 0 Å². The Morgan fingerprint density at radius 2 is 1.93 bits per heavy atom. The molecule has 0 bridgehead atoms. The fraction of sp³-hybridized carbons (Fsp3) is 0.391. The first-order valence-corrected chi connectivity index (χ1v) is 10.2. The van der Waals surface area contributed by atoms with Crippen molar-refractivity contribution in [1.82, 2.24) is 4.90 Å². The van der Waals surface area contributed by atoms with E-state index >= 15 is 0 Å². The van der Waals surface area contributed by atoms with E-state index in [-0.39, 0.29) is 11.9 Å². The van der Waals surface area contributed by atoms with E-state index in [0.717, 1.165) is 5.56 Å². The molecule has 2 aromatic carbocycles. The Morgan fingerprint density at radius 3 is 2.60 bits per heavy atom. The van der Waals surface area contributed by atoms with Gasteiger partial charge in [-0.3, -0.25) is 4.79 Å². The number of carbonyl (C=O) groups is 2. The number of anilines is 2. The molecule has 1 atom stereocenters. The molecule has 3 rings (SSSR count). The zero-order valence-electron chi connectivity index (χ0n) is 17.9. The van der Waals surface area contributed by atoms with E-state index in [4.69, 9.17) is 9.47 Å². The van der Waals surface area contributed by atoms with Crippen LogP contribution in [0.1, 0.15) is 32.8 Å². The summed E-state index contributed by atoms with van der Waals surface area (Å²) in [5.41, 5.74) is 2.13. The number of rotatable bonds is 6. The van der Waals surface area contributed by atoms with E-state index in [0.29, 0.717) is 48.3 Å². The summed E-state index contributed by atoms with van der Waals surface area (Å²) >= 11 is 0. The largest absolute Gasteiger partial charge is 0.497 e. The smallest absolute Gasteiger partial charge is 0.323 e. The average Bonchev–Trinajstić information content (AvgIpc) is 2.84. The summed E-state index contributed by atoms with van der Waals surface area (Å²) in [6.07, 6.45) is 0.121. The molecule has 7 nitrogen and oxygen atoms in total. The minimum atomic E-state index is -0.486. The highest BCUT2D eigenvalue weighted by Crippen LogP contribution is 2.30. The van der Waals surface area contributed by atoms with Gasteiger partial charge in [0.2, 0.25) is 0 Å². The maximum atomic E-state index is 12.8. The van der Waals surface area contributed by atoms with Crippen molar-refractivity contribution in [2.24, 2.45) is 5.92 Å². The second kappa shape index (κ2) is 9.52. The van der Waals surface area contributed by atoms with Crippen molar-refractivity contribution in [1.29, 1.82) is 0 Å². The third-order valence-corrected chi connectivity index (χ3v) is 4.82. The van der Waals surface area contributed by atoms with E-state index in [1.807, 2.05) is 30.0 Å². The third-order valence-electron chi connectivity index (χ3n) is 4.82. The molecule has 0 radical (unpaired) electrons. The molecule has 30 heavy (non-hydrogen) atoms. The van der Waals surface area contributed by atoms with Crippen LogP contribution in [0.3, 0.4) is 0 Å². The molecule has 1 heterocycles. The predicted octanol–water partition coefficient (Wildman–Crippen LogP) is 4.49. The number of amides is 3. The van der Waals surface area contributed by atoms with Crippen LogP contribution < -0.4 is 20.1 Å². The summed E-state index contributed by atoms with van der Waals surface area (Å²) in [5, 5.41) is 5.63. The van der Waals surface area contributed by atoms with Crippen LogP contribution in [0.15, 0.2) is 42.5 Å². The minimum Gasteiger partial charge on any atom is -0.497 e. The molecule has 1 aliphatic rings. The summed E-state index contributed by atoms with van der Waals surface area (Å²) in [4.78, 5) is 27.1. The lowest BCUT2D eigenvalue weighted by Gasteiger charge is -2.24. The van der Waals surface area contributed by atoms with Crippen molar-refractivity contribution in [3.63, 3.8) is 0 Å². The van der Waals surface area contributed by atoms with E-state index in [2.05, 4.69) is 24.5 Å². The quantitative estimate of drug-likeness (QED) is 0.734. The molecular formula is C23H29N3O4. The van der Waals surface area contributed by atoms with Crippen molar-refractivity contribution >= 4 is 23.3 Å². The van der Waals surface area contributed by atoms with Crippen molar-refractivity contribution < 1.29 is 19.1 Å². The van der Waals surface area contributed by atoms with E-state index in [1.165, 1.54) is 0 Å². The van der Waals surface area contributed by atoms with E-state index in [1.54, 1.807) is 31.4 Å². The lowest BCUT2D eigenvalue weighted by Crippen LogP contribution is -2.41. The molecule has 1 aliphatic heterocycles. The molecule has 0 saturated carbocycles. The highest BCUT2D eigenvalue weighted by molar-refractivity contribution is 6.00. The zero-order valence-corrected chi connectivity index (χ0v) is 17.9. The standard InChI is InChI=1S/C23H29N3O4/c1-5-20-22(27)26(13-15(2)3)14-16-11-18(9-10-21(16)30-20)25-23(28)24-17-7-6-8-19(12-17)29-4/h6-12,15,20H,5,13-14H2,1-4H3,(H2,24,25,28). The van der Waals surface area contributed by atoms with Gasteiger partial charge in [0, 0.05) is 36.1 Å². The molecule has 7 heteroatoms. The van der Waals surface area contributed by atoms with E-state index in [9.17, 15) is 9.59 Å². The molecule has 2 aromatic rings. The van der Waals surface area contributed by atoms with Crippen LogP contribution >= 0.6 is 0 Å². The van der Waals surface area contributed by atoms with Crippen molar-refractivity contribution in [3.05, 3.63) is 48.0 Å². The van der Waals surface area contributed by atoms with Gasteiger partial charge in [-0.05, 0) is 42.7 Å². The Kier molecular flexibility index (Phi) is 6.82. The highest BCUT2D eigenvalue weighted by atomic mass is 16.5. The first-order valence-electron chi connectivity index (χ1n) is 10.2. The summed E-state index contributed by atoms with van der Waals surface area (Å²) in [7, 11) is 1.58. The average molecular weight is 412 g/mol. The molecule has 3 amide bonds. The number of urea groups is 1. The summed E-state index contributed by atoms with van der Waals surface area (Å²) in [6, 6.07) is 12.2. The Labute approximate surface area is 177 Å². The Balaban J connectivity index is 1.76. The number of benzene rings is 2. The van der Waals surface area contributed by atoms with Gasteiger partial charge in [-0.2, -0.15) is 0 Å². The number of hydrogen-bond donors (Lipinski definition) is 2. The van der Waals surface area contributed by atoms with Crippen LogP contribution in [-0.2, 0) is 11.3 Å². The fourth-order valence-electron chi connectivity index (χ4n) is 3.43. The molecule has 160 valence electrons. The van der Waals surface area contributed by atoms with Gasteiger partial charge in [0.25, 0.3) is 5.91 Å². The summed E-state index contributed by atoms with van der Waals surface area (Å²) < 4.78 is 11.2. The minimum absolute atomic E-state index is 0.00711. The van der Waals surface area contributed by atoms with Crippen LogP contribution in [0.4, 0.5) is 16.2 Å². The van der Waals surface area contributed by atoms with Gasteiger partial charge in [0.05, 0.1) is 7.11 Å². The normalized spacial score (nSPS) is 15.8. The SMILES string of the molecule is CCC1Oc2ccc(NC(=O)Nc3cccc(OC)c3)cc2CN(CC(C)C)C1=O. The maximum absolute atomic E-state index is 12.8. The van der Waals surface area contributed by atoms with Crippen molar-refractivity contribution in [2.75, 3.05) is 24.3 Å². The van der Waals surface area contributed by atoms with Gasteiger partial charge in [0.15, 0.2) is 6.10 Å². The topological polar surface area (TPSA) is 79.9 Å². The molecule has 0 aromatic heterocycles. The van der Waals surface area contributed by atoms with Crippen molar-refractivity contribution in [3.8, 4) is 11.5 Å². The number of nitrogens with one attached hydrogen (secondary N) is 2. The second-order valence-electron chi connectivity index (χ2n) is 7.76. The number of methoxy groups -OCH3 is 1. The number of carbonyl (C=O) groups excluding carboxylic acids is 2. The maximum Gasteiger partial charge on any atom is 0.323 e. The first kappa shape index (κ1) is 21.5. The number of hydrogen-bond acceptors (Lipinski definition) is 4. The summed E-state index contributed by atoms with van der Waals surface area (Å²) in [6.45, 7) is 7.23. The van der Waals surface area contributed by atoms with Gasteiger partial charge in [-0.1, -0.05) is 26.8 Å². The summed E-state index contributed by atoms with van der Waals surface area (Å²) in [5.74, 6) is 1.70. The van der Waals surface area contributed by atoms with Crippen LogP contribution in [0.5, 0.6) is 11.5 Å². The third kappa shape index (κ3) is 5.23. The monoisotopic (exact) mass is 411 g/mol. The van der Waals surface area contributed by atoms with Gasteiger partial charge < -0.3 is 25.0 Å². The Hall–Kier alpha value is -3.22. The van der Waals surface area contributed by atoms with Crippen LogP contribution in [0.25, 0.3) is 0 Å². The number of ether oxygens (including phenoxy) is 2. The number of nitrogens with zero attached hydrogens (tertiary/aromatic N) is 1. The van der Waals surface area contributed by atoms with Crippen LogP contribution in [0.2, 0.25) is 0 Å². The molecule has 0 aliphatic carbocycles. The lowest BCUT2D eigenvalue weighted by atomic mass is 10.1. The Bertz CT molecular complexity index is 913. The predicted molar refractivity (Wildman–Crippen MR) is 117 cm³/mol. The molecule has 2 N–H and O–H groups in total. The van der Waals surface area contributed by atoms with Gasteiger partial charge in [-0.25, -0.2) is 4.79 Å². The Morgan fingerprint density at radius 1 is 1.20 bits per heavy atom. The lowest BCUT2D eigenvalue weighted by molar-refractivity contribution is -0.139. The van der Waals surface area contributed by atoms with Crippen LogP contribution in [0, 0.1) is 5.92 Å². The molecule has 0 spiro atoms. The first-order chi connectivity index (χ1) is 14.4. The molecule has 0 saturated heterocycles. The van der Waals surface area contributed by atoms with Gasteiger partial charge >= 0.3 is 6.03 Å². The van der Waals surface area contributed by atoms with Gasteiger partial charge in [0.1, 0.15) is 11.5 Å². The van der Waals surface area contributed by atoms with Crippen molar-refractivity contribution in [2.45, 2.75) is 39.8 Å².